The second kappa shape index (κ2) is 8.73. The molecule has 3 aliphatic rings. The number of benzene rings is 1. The van der Waals surface area contributed by atoms with Gasteiger partial charge in [0, 0.05) is 34.1 Å². The van der Waals surface area contributed by atoms with Crippen LogP contribution in [0, 0.1) is 0 Å². The highest BCUT2D eigenvalue weighted by atomic mass is 35.5. The molecule has 0 unspecified atom stereocenters. The van der Waals surface area contributed by atoms with Gasteiger partial charge in [-0.1, -0.05) is 23.7 Å². The van der Waals surface area contributed by atoms with Crippen LogP contribution in [0.5, 0.6) is 0 Å². The first-order valence-corrected chi connectivity index (χ1v) is 11.9. The Morgan fingerprint density at radius 3 is 2.81 bits per heavy atom. The fourth-order valence-electron chi connectivity index (χ4n) is 4.49. The zero-order valence-electron chi connectivity index (χ0n) is 17.2. The Balaban J connectivity index is 1.57. The molecule has 0 saturated carbocycles. The summed E-state index contributed by atoms with van der Waals surface area (Å²) >= 11 is 7.92. The van der Waals surface area contributed by atoms with Crippen molar-refractivity contribution in [3.8, 4) is 0 Å². The number of halogens is 1. The predicted octanol–water partition coefficient (Wildman–Crippen LogP) is 3.32. The van der Waals surface area contributed by atoms with Crippen molar-refractivity contribution in [1.82, 2.24) is 4.90 Å². The molecule has 162 valence electrons. The summed E-state index contributed by atoms with van der Waals surface area (Å²) in [6.45, 7) is 2.29. The SMILES string of the molecule is O=C(CN1C(=O)CN=C(c2cccc(Cl)c2)c2c1sc1c2CCCC1)N1CCOCC1. The minimum absolute atomic E-state index is 0.0222. The number of aryl methyl sites for hydroxylation is 1. The van der Waals surface area contributed by atoms with Crippen molar-refractivity contribution >= 4 is 45.5 Å². The highest BCUT2D eigenvalue weighted by molar-refractivity contribution is 7.17. The lowest BCUT2D eigenvalue weighted by molar-refractivity contribution is -0.134. The van der Waals surface area contributed by atoms with E-state index in [1.54, 1.807) is 21.1 Å². The van der Waals surface area contributed by atoms with Crippen LogP contribution in [-0.2, 0) is 27.2 Å². The number of anilines is 1. The Labute approximate surface area is 190 Å². The maximum absolute atomic E-state index is 13.2. The summed E-state index contributed by atoms with van der Waals surface area (Å²) in [7, 11) is 0. The number of hydrogen-bond donors (Lipinski definition) is 0. The maximum Gasteiger partial charge on any atom is 0.249 e. The van der Waals surface area contributed by atoms with E-state index >= 15 is 0 Å². The van der Waals surface area contributed by atoms with Crippen molar-refractivity contribution in [3.63, 3.8) is 0 Å². The van der Waals surface area contributed by atoms with Crippen LogP contribution >= 0.6 is 22.9 Å². The number of thiophene rings is 1. The average molecular weight is 458 g/mol. The first-order valence-electron chi connectivity index (χ1n) is 10.7. The van der Waals surface area contributed by atoms with Crippen molar-refractivity contribution in [1.29, 1.82) is 0 Å². The van der Waals surface area contributed by atoms with Gasteiger partial charge in [0.1, 0.15) is 18.1 Å². The molecule has 0 atom stereocenters. The largest absolute Gasteiger partial charge is 0.378 e. The second-order valence-electron chi connectivity index (χ2n) is 8.04. The minimum atomic E-state index is -0.140. The van der Waals surface area contributed by atoms with Crippen molar-refractivity contribution in [3.05, 3.63) is 50.9 Å². The van der Waals surface area contributed by atoms with Crippen molar-refractivity contribution < 1.29 is 14.3 Å². The molecule has 0 bridgehead atoms. The second-order valence-corrected chi connectivity index (χ2v) is 9.56. The molecular formula is C23H24ClN3O3S. The molecule has 31 heavy (non-hydrogen) atoms. The van der Waals surface area contributed by atoms with Crippen LogP contribution in [0.2, 0.25) is 5.02 Å². The fourth-order valence-corrected chi connectivity index (χ4v) is 6.09. The fraction of sp³-hybridized carbons (Fsp3) is 0.435. The van der Waals surface area contributed by atoms with Crippen LogP contribution in [0.15, 0.2) is 29.3 Å². The average Bonchev–Trinajstić information content (AvgIpc) is 3.11. The normalized spacial score (nSPS) is 18.9. The number of ether oxygens (including phenoxy) is 1. The van der Waals surface area contributed by atoms with Crippen molar-refractivity contribution in [2.45, 2.75) is 25.7 Å². The third-order valence-corrected chi connectivity index (χ3v) is 7.61. The zero-order chi connectivity index (χ0) is 21.4. The molecule has 5 rings (SSSR count). The van der Waals surface area contributed by atoms with Gasteiger partial charge in [-0.25, -0.2) is 0 Å². The van der Waals surface area contributed by atoms with Gasteiger partial charge in [-0.2, -0.15) is 0 Å². The topological polar surface area (TPSA) is 62.2 Å². The number of nitrogens with zero attached hydrogens (tertiary/aromatic N) is 3. The molecule has 1 saturated heterocycles. The van der Waals surface area contributed by atoms with E-state index in [-0.39, 0.29) is 24.9 Å². The van der Waals surface area contributed by atoms with E-state index in [0.717, 1.165) is 47.5 Å². The van der Waals surface area contributed by atoms with E-state index < -0.39 is 0 Å². The van der Waals surface area contributed by atoms with E-state index in [2.05, 4.69) is 0 Å². The number of aliphatic imine (C=N–C) groups is 1. The molecule has 1 fully saturated rings. The van der Waals surface area contributed by atoms with Gasteiger partial charge >= 0.3 is 0 Å². The standard InChI is InChI=1S/C23H24ClN3O3S/c24-16-5-3-4-15(12-16)22-21-17-6-1-2-7-18(17)31-23(21)27(19(28)13-25-22)14-20(29)26-8-10-30-11-9-26/h3-5,12H,1-2,6-11,13-14H2. The van der Waals surface area contributed by atoms with E-state index in [0.29, 0.717) is 31.3 Å². The van der Waals surface area contributed by atoms with Gasteiger partial charge in [-0.15, -0.1) is 11.3 Å². The molecule has 1 aromatic carbocycles. The Bertz CT molecular complexity index is 1060. The molecule has 0 radical (unpaired) electrons. The number of fused-ring (bicyclic) bond motifs is 3. The maximum atomic E-state index is 13.2. The third-order valence-electron chi connectivity index (χ3n) is 6.06. The van der Waals surface area contributed by atoms with E-state index in [4.69, 9.17) is 21.3 Å². The van der Waals surface area contributed by atoms with Gasteiger partial charge in [0.25, 0.3) is 0 Å². The number of amides is 2. The van der Waals surface area contributed by atoms with Gasteiger partial charge in [0.05, 0.1) is 18.9 Å². The Morgan fingerprint density at radius 1 is 1.19 bits per heavy atom. The summed E-state index contributed by atoms with van der Waals surface area (Å²) in [6.07, 6.45) is 4.26. The number of carbonyl (C=O) groups is 2. The predicted molar refractivity (Wildman–Crippen MR) is 123 cm³/mol. The lowest BCUT2D eigenvalue weighted by atomic mass is 9.91. The van der Waals surface area contributed by atoms with E-state index in [9.17, 15) is 9.59 Å². The minimum Gasteiger partial charge on any atom is -0.378 e. The van der Waals surface area contributed by atoms with Crippen molar-refractivity contribution in [2.24, 2.45) is 4.99 Å². The molecule has 1 aliphatic carbocycles. The molecule has 0 spiro atoms. The molecular weight excluding hydrogens is 434 g/mol. The van der Waals surface area contributed by atoms with Crippen molar-refractivity contribution in [2.75, 3.05) is 44.3 Å². The first-order chi connectivity index (χ1) is 15.1. The van der Waals surface area contributed by atoms with Crippen LogP contribution in [0.3, 0.4) is 0 Å². The number of hydrogen-bond acceptors (Lipinski definition) is 5. The zero-order valence-corrected chi connectivity index (χ0v) is 18.8. The Hall–Kier alpha value is -2.22. The van der Waals surface area contributed by atoms with Crippen LogP contribution in [0.1, 0.15) is 34.4 Å². The number of morpholine rings is 1. The highest BCUT2D eigenvalue weighted by Crippen LogP contribution is 2.42. The summed E-state index contributed by atoms with van der Waals surface area (Å²) in [6, 6.07) is 7.63. The van der Waals surface area contributed by atoms with Crippen LogP contribution in [0.25, 0.3) is 0 Å². The van der Waals surface area contributed by atoms with Gasteiger partial charge < -0.3 is 9.64 Å². The van der Waals surface area contributed by atoms with Gasteiger partial charge in [0.15, 0.2) is 0 Å². The molecule has 6 nitrogen and oxygen atoms in total. The summed E-state index contributed by atoms with van der Waals surface area (Å²) in [5, 5.41) is 1.50. The molecule has 3 heterocycles. The van der Waals surface area contributed by atoms with Crippen LogP contribution in [0.4, 0.5) is 5.00 Å². The highest BCUT2D eigenvalue weighted by Gasteiger charge is 2.34. The number of rotatable bonds is 3. The number of carbonyl (C=O) groups excluding carboxylic acids is 2. The third kappa shape index (κ3) is 4.02. The summed E-state index contributed by atoms with van der Waals surface area (Å²) in [5.74, 6) is -0.182. The van der Waals surface area contributed by atoms with E-state index in [1.165, 1.54) is 10.4 Å². The van der Waals surface area contributed by atoms with E-state index in [1.807, 2.05) is 24.3 Å². The summed E-state index contributed by atoms with van der Waals surface area (Å²) < 4.78 is 5.36. The molecule has 1 aromatic heterocycles. The molecule has 0 N–H and O–H groups in total. The van der Waals surface area contributed by atoms with Gasteiger partial charge in [-0.3, -0.25) is 19.5 Å². The van der Waals surface area contributed by atoms with Gasteiger partial charge in [-0.05, 0) is 43.4 Å². The Kier molecular flexibility index (Phi) is 5.82. The van der Waals surface area contributed by atoms with Crippen LogP contribution in [-0.4, -0.2) is 61.8 Å². The van der Waals surface area contributed by atoms with Crippen LogP contribution < -0.4 is 4.90 Å². The lowest BCUT2D eigenvalue weighted by Crippen LogP contribution is -2.47. The summed E-state index contributed by atoms with van der Waals surface area (Å²) in [5.41, 5.74) is 4.02. The first kappa shape index (κ1) is 20.7. The smallest absolute Gasteiger partial charge is 0.249 e. The quantitative estimate of drug-likeness (QED) is 0.710. The monoisotopic (exact) mass is 457 g/mol. The Morgan fingerprint density at radius 2 is 2.00 bits per heavy atom. The summed E-state index contributed by atoms with van der Waals surface area (Å²) in [4.78, 5) is 35.7. The molecule has 2 aromatic rings. The molecule has 2 aliphatic heterocycles. The lowest BCUT2D eigenvalue weighted by Gasteiger charge is -2.29. The van der Waals surface area contributed by atoms with Gasteiger partial charge in [0.2, 0.25) is 11.8 Å². The molecule has 2 amide bonds. The molecule has 8 heteroatoms.